The largest absolute Gasteiger partial charge is 0.313 e. The fraction of sp³-hybridized carbons (Fsp3) is 0.438. The van der Waals surface area contributed by atoms with Crippen LogP contribution in [0, 0.1) is 13.8 Å². The molecule has 0 saturated carbocycles. The highest BCUT2D eigenvalue weighted by molar-refractivity contribution is 6.31. The van der Waals surface area contributed by atoms with E-state index in [1.807, 2.05) is 24.7 Å². The van der Waals surface area contributed by atoms with E-state index >= 15 is 0 Å². The molecule has 0 atom stereocenters. The van der Waals surface area contributed by atoms with Gasteiger partial charge in [0.2, 0.25) is 0 Å². The molecule has 1 aromatic heterocycles. The molecule has 20 heavy (non-hydrogen) atoms. The molecule has 0 aliphatic rings. The SMILES string of the molecule is CCCNCc1ccc(-c2c(C)nn(C)c2C)cc1Cl. The van der Waals surface area contributed by atoms with Gasteiger partial charge in [-0.2, -0.15) is 5.10 Å². The van der Waals surface area contributed by atoms with Crippen LogP contribution in [0.1, 0.15) is 30.3 Å². The zero-order valence-corrected chi connectivity index (χ0v) is 13.4. The van der Waals surface area contributed by atoms with Crippen molar-refractivity contribution >= 4 is 11.6 Å². The maximum Gasteiger partial charge on any atom is 0.0674 e. The molecule has 0 spiro atoms. The summed E-state index contributed by atoms with van der Waals surface area (Å²) >= 11 is 6.40. The Kier molecular flexibility index (Phi) is 4.84. The van der Waals surface area contributed by atoms with Gasteiger partial charge in [-0.25, -0.2) is 0 Å². The number of aryl methyl sites for hydroxylation is 2. The molecule has 108 valence electrons. The summed E-state index contributed by atoms with van der Waals surface area (Å²) in [7, 11) is 1.97. The van der Waals surface area contributed by atoms with Crippen LogP contribution in [-0.4, -0.2) is 16.3 Å². The average molecular weight is 292 g/mol. The predicted octanol–water partition coefficient (Wildman–Crippen LogP) is 3.86. The second kappa shape index (κ2) is 6.42. The third kappa shape index (κ3) is 3.05. The van der Waals surface area contributed by atoms with Crippen molar-refractivity contribution in [2.24, 2.45) is 7.05 Å². The van der Waals surface area contributed by atoms with Crippen LogP contribution in [0.25, 0.3) is 11.1 Å². The van der Waals surface area contributed by atoms with E-state index in [1.165, 1.54) is 5.56 Å². The minimum atomic E-state index is 0.814. The molecule has 1 N–H and O–H groups in total. The Balaban J connectivity index is 2.29. The Morgan fingerprint density at radius 2 is 2.05 bits per heavy atom. The lowest BCUT2D eigenvalue weighted by Crippen LogP contribution is -2.14. The molecule has 2 aromatic rings. The minimum absolute atomic E-state index is 0.814. The number of rotatable bonds is 5. The van der Waals surface area contributed by atoms with E-state index in [0.29, 0.717) is 0 Å². The summed E-state index contributed by atoms with van der Waals surface area (Å²) in [5.41, 5.74) is 5.66. The second-order valence-corrected chi connectivity index (χ2v) is 5.56. The van der Waals surface area contributed by atoms with Gasteiger partial charge in [-0.05, 0) is 44.0 Å². The quantitative estimate of drug-likeness (QED) is 0.848. The van der Waals surface area contributed by atoms with Gasteiger partial charge in [-0.15, -0.1) is 0 Å². The molecule has 2 rings (SSSR count). The highest BCUT2D eigenvalue weighted by atomic mass is 35.5. The molecule has 0 fully saturated rings. The van der Waals surface area contributed by atoms with E-state index in [-0.39, 0.29) is 0 Å². The Morgan fingerprint density at radius 3 is 2.60 bits per heavy atom. The molecule has 0 aliphatic carbocycles. The van der Waals surface area contributed by atoms with Gasteiger partial charge in [0.15, 0.2) is 0 Å². The molecule has 0 radical (unpaired) electrons. The lowest BCUT2D eigenvalue weighted by molar-refractivity contribution is 0.675. The van der Waals surface area contributed by atoms with Gasteiger partial charge in [0.05, 0.1) is 5.69 Å². The van der Waals surface area contributed by atoms with Crippen molar-refractivity contribution in [1.82, 2.24) is 15.1 Å². The van der Waals surface area contributed by atoms with Crippen molar-refractivity contribution in [3.8, 4) is 11.1 Å². The normalized spacial score (nSPS) is 11.1. The van der Waals surface area contributed by atoms with E-state index in [2.05, 4.69) is 36.4 Å². The Bertz CT molecular complexity index is 602. The molecule has 0 aliphatic heterocycles. The summed E-state index contributed by atoms with van der Waals surface area (Å²) < 4.78 is 1.91. The van der Waals surface area contributed by atoms with Gasteiger partial charge in [-0.3, -0.25) is 4.68 Å². The van der Waals surface area contributed by atoms with Crippen LogP contribution in [-0.2, 0) is 13.6 Å². The average Bonchev–Trinajstić information content (AvgIpc) is 2.65. The molecule has 0 unspecified atom stereocenters. The number of nitrogens with one attached hydrogen (secondary N) is 1. The van der Waals surface area contributed by atoms with E-state index in [4.69, 9.17) is 11.6 Å². The molecule has 0 amide bonds. The van der Waals surface area contributed by atoms with Crippen LogP contribution >= 0.6 is 11.6 Å². The van der Waals surface area contributed by atoms with Crippen LogP contribution in [0.4, 0.5) is 0 Å². The monoisotopic (exact) mass is 291 g/mol. The van der Waals surface area contributed by atoms with Crippen molar-refractivity contribution in [2.75, 3.05) is 6.54 Å². The third-order valence-electron chi connectivity index (χ3n) is 3.59. The first kappa shape index (κ1) is 15.1. The van der Waals surface area contributed by atoms with Crippen LogP contribution in [0.15, 0.2) is 18.2 Å². The van der Waals surface area contributed by atoms with Gasteiger partial charge in [0.25, 0.3) is 0 Å². The molecule has 0 bridgehead atoms. The first-order valence-electron chi connectivity index (χ1n) is 7.04. The molecule has 1 heterocycles. The van der Waals surface area contributed by atoms with Crippen molar-refractivity contribution < 1.29 is 0 Å². The summed E-state index contributed by atoms with van der Waals surface area (Å²) in [5, 5.41) is 8.65. The lowest BCUT2D eigenvalue weighted by atomic mass is 10.0. The second-order valence-electron chi connectivity index (χ2n) is 5.15. The number of hydrogen-bond acceptors (Lipinski definition) is 2. The maximum atomic E-state index is 6.40. The van der Waals surface area contributed by atoms with Crippen molar-refractivity contribution in [3.05, 3.63) is 40.2 Å². The van der Waals surface area contributed by atoms with E-state index in [0.717, 1.165) is 47.0 Å². The van der Waals surface area contributed by atoms with E-state index < -0.39 is 0 Å². The zero-order valence-electron chi connectivity index (χ0n) is 12.6. The Labute approximate surface area is 126 Å². The van der Waals surface area contributed by atoms with Gasteiger partial charge in [0.1, 0.15) is 0 Å². The first-order valence-corrected chi connectivity index (χ1v) is 7.42. The molecule has 0 saturated heterocycles. The molecular weight excluding hydrogens is 270 g/mol. The van der Waals surface area contributed by atoms with Crippen molar-refractivity contribution in [1.29, 1.82) is 0 Å². The summed E-state index contributed by atoms with van der Waals surface area (Å²) in [4.78, 5) is 0. The highest BCUT2D eigenvalue weighted by Gasteiger charge is 2.12. The zero-order chi connectivity index (χ0) is 14.7. The van der Waals surface area contributed by atoms with E-state index in [1.54, 1.807) is 0 Å². The van der Waals surface area contributed by atoms with Crippen molar-refractivity contribution in [3.63, 3.8) is 0 Å². The number of nitrogens with zero attached hydrogens (tertiary/aromatic N) is 2. The minimum Gasteiger partial charge on any atom is -0.313 e. The standard InChI is InChI=1S/C16H22ClN3/c1-5-8-18-10-14-7-6-13(9-15(14)17)16-11(2)19-20(4)12(16)3/h6-7,9,18H,5,8,10H2,1-4H3. The predicted molar refractivity (Wildman–Crippen MR) is 85.1 cm³/mol. The van der Waals surface area contributed by atoms with E-state index in [9.17, 15) is 0 Å². The number of benzene rings is 1. The Hall–Kier alpha value is -1.32. The van der Waals surface area contributed by atoms with Gasteiger partial charge in [-0.1, -0.05) is 30.7 Å². The van der Waals surface area contributed by atoms with Gasteiger partial charge < -0.3 is 5.32 Å². The first-order chi connectivity index (χ1) is 9.54. The highest BCUT2D eigenvalue weighted by Crippen LogP contribution is 2.30. The molecular formula is C16H22ClN3. The van der Waals surface area contributed by atoms with Gasteiger partial charge >= 0.3 is 0 Å². The molecule has 3 nitrogen and oxygen atoms in total. The van der Waals surface area contributed by atoms with Crippen LogP contribution in [0.3, 0.4) is 0 Å². The third-order valence-corrected chi connectivity index (χ3v) is 3.94. The topological polar surface area (TPSA) is 29.9 Å². The Morgan fingerprint density at radius 1 is 1.30 bits per heavy atom. The molecule has 1 aromatic carbocycles. The summed E-state index contributed by atoms with van der Waals surface area (Å²) in [5.74, 6) is 0. The lowest BCUT2D eigenvalue weighted by Gasteiger charge is -2.09. The van der Waals surface area contributed by atoms with Crippen molar-refractivity contribution in [2.45, 2.75) is 33.7 Å². The smallest absolute Gasteiger partial charge is 0.0674 e. The maximum absolute atomic E-state index is 6.40. The fourth-order valence-electron chi connectivity index (χ4n) is 2.44. The number of halogens is 1. The summed E-state index contributed by atoms with van der Waals surface area (Å²) in [6, 6.07) is 6.28. The number of aromatic nitrogens is 2. The van der Waals surface area contributed by atoms with Gasteiger partial charge in [0, 0.05) is 29.9 Å². The summed E-state index contributed by atoms with van der Waals surface area (Å²) in [6.07, 6.45) is 1.13. The fourth-order valence-corrected chi connectivity index (χ4v) is 2.68. The van der Waals surface area contributed by atoms with Crippen LogP contribution < -0.4 is 5.32 Å². The number of hydrogen-bond donors (Lipinski definition) is 1. The summed E-state index contributed by atoms with van der Waals surface area (Å²) in [6.45, 7) is 8.11. The van der Waals surface area contributed by atoms with Crippen LogP contribution in [0.2, 0.25) is 5.02 Å². The molecule has 4 heteroatoms. The van der Waals surface area contributed by atoms with Crippen LogP contribution in [0.5, 0.6) is 0 Å².